The molecule has 2 aromatic carbocycles. The SMILES string of the molecule is ClCCCCOCCN(c1ccccc1)c1ccccc1. The fourth-order valence-electron chi connectivity index (χ4n) is 2.18. The maximum Gasteiger partial charge on any atom is 0.0645 e. The predicted octanol–water partition coefficient (Wildman–Crippen LogP) is 4.86. The third kappa shape index (κ3) is 5.41. The van der Waals surface area contributed by atoms with Crippen LogP contribution >= 0.6 is 11.6 Å². The fourth-order valence-corrected chi connectivity index (χ4v) is 2.37. The Balaban J connectivity index is 1.94. The van der Waals surface area contributed by atoms with Gasteiger partial charge >= 0.3 is 0 Å². The van der Waals surface area contributed by atoms with E-state index < -0.39 is 0 Å². The van der Waals surface area contributed by atoms with E-state index in [1.165, 1.54) is 11.4 Å². The molecule has 2 aromatic rings. The summed E-state index contributed by atoms with van der Waals surface area (Å²) in [5.41, 5.74) is 2.38. The Morgan fingerprint density at radius 2 is 1.33 bits per heavy atom. The lowest BCUT2D eigenvalue weighted by atomic mass is 10.2. The lowest BCUT2D eigenvalue weighted by molar-refractivity contribution is 0.138. The van der Waals surface area contributed by atoms with Gasteiger partial charge in [0.1, 0.15) is 0 Å². The Morgan fingerprint density at radius 1 is 0.762 bits per heavy atom. The van der Waals surface area contributed by atoms with Crippen molar-refractivity contribution in [1.82, 2.24) is 0 Å². The number of hydrogen-bond donors (Lipinski definition) is 0. The Hall–Kier alpha value is -1.51. The molecular formula is C18H22ClNO. The summed E-state index contributed by atoms with van der Waals surface area (Å²) in [7, 11) is 0. The average molecular weight is 304 g/mol. The van der Waals surface area contributed by atoms with Gasteiger partial charge in [0, 0.05) is 30.4 Å². The first-order chi connectivity index (χ1) is 10.4. The maximum atomic E-state index is 5.71. The zero-order chi connectivity index (χ0) is 14.8. The van der Waals surface area contributed by atoms with E-state index in [-0.39, 0.29) is 0 Å². The quantitative estimate of drug-likeness (QED) is 0.484. The van der Waals surface area contributed by atoms with Crippen molar-refractivity contribution in [3.63, 3.8) is 0 Å². The van der Waals surface area contributed by atoms with Crippen LogP contribution in [-0.2, 0) is 4.74 Å². The molecule has 0 atom stereocenters. The number of alkyl halides is 1. The average Bonchev–Trinajstić information content (AvgIpc) is 2.56. The van der Waals surface area contributed by atoms with E-state index in [1.807, 2.05) is 12.1 Å². The van der Waals surface area contributed by atoms with E-state index in [9.17, 15) is 0 Å². The van der Waals surface area contributed by atoms with Crippen LogP contribution in [-0.4, -0.2) is 25.6 Å². The molecule has 0 saturated heterocycles. The van der Waals surface area contributed by atoms with Gasteiger partial charge in [-0.15, -0.1) is 11.6 Å². The van der Waals surface area contributed by atoms with Gasteiger partial charge in [-0.1, -0.05) is 36.4 Å². The highest BCUT2D eigenvalue weighted by molar-refractivity contribution is 6.17. The molecule has 0 aliphatic rings. The van der Waals surface area contributed by atoms with E-state index in [0.717, 1.165) is 26.0 Å². The van der Waals surface area contributed by atoms with E-state index in [1.54, 1.807) is 0 Å². The molecule has 3 heteroatoms. The van der Waals surface area contributed by atoms with Crippen LogP contribution in [0.3, 0.4) is 0 Å². The Morgan fingerprint density at radius 3 is 1.86 bits per heavy atom. The number of halogens is 1. The highest BCUT2D eigenvalue weighted by atomic mass is 35.5. The number of para-hydroxylation sites is 2. The van der Waals surface area contributed by atoms with E-state index in [0.29, 0.717) is 12.5 Å². The number of ether oxygens (including phenoxy) is 1. The van der Waals surface area contributed by atoms with Gasteiger partial charge in [-0.25, -0.2) is 0 Å². The molecule has 0 saturated carbocycles. The molecule has 2 nitrogen and oxygen atoms in total. The third-order valence-electron chi connectivity index (χ3n) is 3.27. The van der Waals surface area contributed by atoms with Crippen LogP contribution in [0.4, 0.5) is 11.4 Å². The molecule has 0 aliphatic heterocycles. The van der Waals surface area contributed by atoms with Gasteiger partial charge in [0.25, 0.3) is 0 Å². The molecule has 0 radical (unpaired) electrons. The molecule has 0 unspecified atom stereocenters. The van der Waals surface area contributed by atoms with Crippen molar-refractivity contribution in [3.05, 3.63) is 60.7 Å². The summed E-state index contributed by atoms with van der Waals surface area (Å²) in [5, 5.41) is 0. The number of hydrogen-bond acceptors (Lipinski definition) is 2. The Kier molecular flexibility index (Phi) is 7.13. The van der Waals surface area contributed by atoms with Crippen LogP contribution in [0.5, 0.6) is 0 Å². The summed E-state index contributed by atoms with van der Waals surface area (Å²) in [4.78, 5) is 2.28. The maximum absolute atomic E-state index is 5.71. The van der Waals surface area contributed by atoms with Crippen LogP contribution in [0.15, 0.2) is 60.7 Å². The van der Waals surface area contributed by atoms with Crippen LogP contribution in [0, 0.1) is 0 Å². The lowest BCUT2D eigenvalue weighted by Crippen LogP contribution is -2.22. The Bertz CT molecular complexity index is 450. The minimum absolute atomic E-state index is 0.712. The molecule has 2 rings (SSSR count). The highest BCUT2D eigenvalue weighted by Crippen LogP contribution is 2.24. The second-order valence-electron chi connectivity index (χ2n) is 4.83. The summed E-state index contributed by atoms with van der Waals surface area (Å²) in [6, 6.07) is 20.8. The fraction of sp³-hybridized carbons (Fsp3) is 0.333. The molecule has 0 spiro atoms. The van der Waals surface area contributed by atoms with Gasteiger partial charge in [0.15, 0.2) is 0 Å². The summed E-state index contributed by atoms with van der Waals surface area (Å²) in [5.74, 6) is 0.712. The molecular weight excluding hydrogens is 282 g/mol. The van der Waals surface area contributed by atoms with Crippen molar-refractivity contribution in [1.29, 1.82) is 0 Å². The minimum Gasteiger partial charge on any atom is -0.380 e. The molecule has 0 aliphatic carbocycles. The van der Waals surface area contributed by atoms with Gasteiger partial charge < -0.3 is 9.64 Å². The molecule has 112 valence electrons. The second-order valence-corrected chi connectivity index (χ2v) is 5.21. The molecule has 0 amide bonds. The second kappa shape index (κ2) is 9.43. The first kappa shape index (κ1) is 15.9. The summed E-state index contributed by atoms with van der Waals surface area (Å²) >= 11 is 5.66. The molecule has 0 fully saturated rings. The molecule has 0 aromatic heterocycles. The number of nitrogens with zero attached hydrogens (tertiary/aromatic N) is 1. The lowest BCUT2D eigenvalue weighted by Gasteiger charge is -2.25. The monoisotopic (exact) mass is 303 g/mol. The van der Waals surface area contributed by atoms with Crippen LogP contribution < -0.4 is 4.90 Å². The standard InChI is InChI=1S/C18H22ClNO/c19-13-7-8-15-21-16-14-20(17-9-3-1-4-10-17)18-11-5-2-6-12-18/h1-6,9-12H,7-8,13-16H2. The number of unbranched alkanes of at least 4 members (excludes halogenated alkanes) is 1. The van der Waals surface area contributed by atoms with Crippen LogP contribution in [0.25, 0.3) is 0 Å². The summed E-state index contributed by atoms with van der Waals surface area (Å²) < 4.78 is 5.71. The molecule has 0 N–H and O–H groups in total. The smallest absolute Gasteiger partial charge is 0.0645 e. The summed E-state index contributed by atoms with van der Waals surface area (Å²) in [6.45, 7) is 2.34. The number of rotatable bonds is 9. The minimum atomic E-state index is 0.712. The zero-order valence-electron chi connectivity index (χ0n) is 12.2. The topological polar surface area (TPSA) is 12.5 Å². The van der Waals surface area contributed by atoms with E-state index in [2.05, 4.69) is 53.4 Å². The van der Waals surface area contributed by atoms with Gasteiger partial charge in [0.2, 0.25) is 0 Å². The largest absolute Gasteiger partial charge is 0.380 e. The van der Waals surface area contributed by atoms with Gasteiger partial charge in [0.05, 0.1) is 6.61 Å². The molecule has 0 bridgehead atoms. The molecule has 21 heavy (non-hydrogen) atoms. The Labute approximate surface area is 132 Å². The van der Waals surface area contributed by atoms with Crippen molar-refractivity contribution in [2.24, 2.45) is 0 Å². The first-order valence-corrected chi connectivity index (χ1v) is 7.96. The normalized spacial score (nSPS) is 10.5. The van der Waals surface area contributed by atoms with Crippen molar-refractivity contribution in [3.8, 4) is 0 Å². The van der Waals surface area contributed by atoms with Crippen molar-refractivity contribution >= 4 is 23.0 Å². The van der Waals surface area contributed by atoms with Crippen LogP contribution in [0.1, 0.15) is 12.8 Å². The number of benzene rings is 2. The van der Waals surface area contributed by atoms with Crippen LogP contribution in [0.2, 0.25) is 0 Å². The number of anilines is 2. The van der Waals surface area contributed by atoms with Gasteiger partial charge in [-0.2, -0.15) is 0 Å². The highest BCUT2D eigenvalue weighted by Gasteiger charge is 2.08. The third-order valence-corrected chi connectivity index (χ3v) is 3.53. The first-order valence-electron chi connectivity index (χ1n) is 7.43. The predicted molar refractivity (Wildman–Crippen MR) is 90.7 cm³/mol. The van der Waals surface area contributed by atoms with E-state index >= 15 is 0 Å². The van der Waals surface area contributed by atoms with Gasteiger partial charge in [-0.3, -0.25) is 0 Å². The van der Waals surface area contributed by atoms with Crippen molar-refractivity contribution in [2.45, 2.75) is 12.8 Å². The zero-order valence-corrected chi connectivity index (χ0v) is 13.0. The van der Waals surface area contributed by atoms with Crippen molar-refractivity contribution < 1.29 is 4.74 Å². The molecule has 0 heterocycles. The summed E-state index contributed by atoms with van der Waals surface area (Å²) in [6.07, 6.45) is 2.04. The van der Waals surface area contributed by atoms with E-state index in [4.69, 9.17) is 16.3 Å². The van der Waals surface area contributed by atoms with Crippen molar-refractivity contribution in [2.75, 3.05) is 30.5 Å². The van der Waals surface area contributed by atoms with Gasteiger partial charge in [-0.05, 0) is 37.1 Å².